The number of halogens is 3. The van der Waals surface area contributed by atoms with Crippen LogP contribution in [0.5, 0.6) is 0 Å². The molecule has 29 heavy (non-hydrogen) atoms. The smallest absolute Gasteiger partial charge is 0.418 e. The van der Waals surface area contributed by atoms with Gasteiger partial charge in [-0.1, -0.05) is 12.1 Å². The third-order valence-corrected chi connectivity index (χ3v) is 5.93. The molecule has 1 amide bonds. The Morgan fingerprint density at radius 1 is 1.24 bits per heavy atom. The number of alkyl halides is 3. The van der Waals surface area contributed by atoms with E-state index >= 15 is 0 Å². The number of benzene rings is 1. The molecule has 1 spiro atoms. The summed E-state index contributed by atoms with van der Waals surface area (Å²) in [6.07, 6.45) is -1.20. The highest BCUT2D eigenvalue weighted by molar-refractivity contribution is 5.83. The first-order valence-electron chi connectivity index (χ1n) is 9.86. The summed E-state index contributed by atoms with van der Waals surface area (Å²) < 4.78 is 48.1. The molecule has 158 valence electrons. The first-order valence-corrected chi connectivity index (χ1v) is 9.86. The molecule has 1 aromatic carbocycles. The maximum absolute atomic E-state index is 13.8. The molecule has 2 fully saturated rings. The van der Waals surface area contributed by atoms with Crippen LogP contribution in [0, 0.1) is 11.3 Å². The first-order chi connectivity index (χ1) is 13.4. The highest BCUT2D eigenvalue weighted by Gasteiger charge is 2.54. The van der Waals surface area contributed by atoms with Gasteiger partial charge in [-0.2, -0.15) is 18.3 Å². The van der Waals surface area contributed by atoms with Gasteiger partial charge in [-0.15, -0.1) is 0 Å². The molecule has 0 atom stereocenters. The lowest BCUT2D eigenvalue weighted by atomic mass is 9.56. The van der Waals surface area contributed by atoms with E-state index in [0.29, 0.717) is 30.5 Å². The molecular weight excluding hydrogens is 383 g/mol. The number of fused-ring (bicyclic) bond motifs is 1. The largest absolute Gasteiger partial charge is 0.444 e. The molecule has 0 unspecified atom stereocenters. The van der Waals surface area contributed by atoms with Gasteiger partial charge >= 0.3 is 12.3 Å². The van der Waals surface area contributed by atoms with Crippen molar-refractivity contribution in [2.24, 2.45) is 18.4 Å². The van der Waals surface area contributed by atoms with Crippen molar-refractivity contribution in [3.8, 4) is 0 Å². The van der Waals surface area contributed by atoms with Gasteiger partial charge in [-0.05, 0) is 51.5 Å². The number of amides is 1. The lowest BCUT2D eigenvalue weighted by Gasteiger charge is -2.59. The fourth-order valence-corrected chi connectivity index (χ4v) is 4.89. The number of hydrogen-bond acceptors (Lipinski definition) is 3. The molecule has 0 N–H and O–H groups in total. The van der Waals surface area contributed by atoms with Crippen LogP contribution < -0.4 is 0 Å². The molecule has 0 bridgehead atoms. The van der Waals surface area contributed by atoms with Crippen molar-refractivity contribution in [3.05, 3.63) is 29.5 Å². The molecule has 1 saturated heterocycles. The normalized spacial score (nSPS) is 19.3. The topological polar surface area (TPSA) is 47.4 Å². The number of aryl methyl sites for hydroxylation is 1. The van der Waals surface area contributed by atoms with E-state index < -0.39 is 17.3 Å². The monoisotopic (exact) mass is 409 g/mol. The lowest BCUT2D eigenvalue weighted by Crippen LogP contribution is -2.64. The third-order valence-electron chi connectivity index (χ3n) is 5.93. The molecule has 1 aliphatic carbocycles. The second-order valence-electron chi connectivity index (χ2n) is 9.62. The van der Waals surface area contributed by atoms with Gasteiger partial charge in [0.2, 0.25) is 0 Å². The molecule has 1 saturated carbocycles. The molecular formula is C21H26F3N3O2. The summed E-state index contributed by atoms with van der Waals surface area (Å²) in [6, 6.07) is 3.31. The molecule has 4 rings (SSSR count). The van der Waals surface area contributed by atoms with Gasteiger partial charge in [-0.3, -0.25) is 4.68 Å². The third kappa shape index (κ3) is 3.69. The lowest BCUT2D eigenvalue weighted by molar-refractivity contribution is -0.137. The minimum Gasteiger partial charge on any atom is -0.444 e. The summed E-state index contributed by atoms with van der Waals surface area (Å²) in [7, 11) is 1.54. The van der Waals surface area contributed by atoms with Crippen LogP contribution in [-0.2, 0) is 24.4 Å². The minimum atomic E-state index is -4.42. The van der Waals surface area contributed by atoms with Crippen LogP contribution in [0.2, 0.25) is 0 Å². The van der Waals surface area contributed by atoms with E-state index in [1.807, 2.05) is 20.8 Å². The summed E-state index contributed by atoms with van der Waals surface area (Å²) >= 11 is 0. The van der Waals surface area contributed by atoms with E-state index in [2.05, 4.69) is 5.10 Å². The van der Waals surface area contributed by atoms with Crippen molar-refractivity contribution in [1.29, 1.82) is 0 Å². The number of hydrogen-bond donors (Lipinski definition) is 0. The van der Waals surface area contributed by atoms with Crippen molar-refractivity contribution in [1.82, 2.24) is 14.7 Å². The summed E-state index contributed by atoms with van der Waals surface area (Å²) in [6.45, 7) is 6.75. The highest BCUT2D eigenvalue weighted by Crippen LogP contribution is 2.53. The van der Waals surface area contributed by atoms with Crippen molar-refractivity contribution in [2.75, 3.05) is 13.1 Å². The van der Waals surface area contributed by atoms with Crippen molar-refractivity contribution < 1.29 is 22.7 Å². The summed E-state index contributed by atoms with van der Waals surface area (Å²) in [5.41, 5.74) is -0.572. The molecule has 2 aromatic rings. The van der Waals surface area contributed by atoms with Crippen LogP contribution in [0.25, 0.3) is 10.9 Å². The zero-order valence-corrected chi connectivity index (χ0v) is 17.1. The van der Waals surface area contributed by atoms with Gasteiger partial charge in [0.15, 0.2) is 0 Å². The molecule has 5 nitrogen and oxygen atoms in total. The zero-order chi connectivity index (χ0) is 21.2. The van der Waals surface area contributed by atoms with E-state index in [0.717, 1.165) is 12.8 Å². The Morgan fingerprint density at radius 2 is 1.90 bits per heavy atom. The van der Waals surface area contributed by atoms with E-state index in [4.69, 9.17) is 4.74 Å². The quantitative estimate of drug-likeness (QED) is 0.717. The maximum atomic E-state index is 13.8. The second kappa shape index (κ2) is 6.37. The van der Waals surface area contributed by atoms with Gasteiger partial charge in [0.25, 0.3) is 0 Å². The molecule has 2 aliphatic rings. The van der Waals surface area contributed by atoms with E-state index in [1.165, 1.54) is 10.9 Å². The number of aromatic nitrogens is 2. The van der Waals surface area contributed by atoms with Crippen molar-refractivity contribution >= 4 is 17.0 Å². The number of nitrogens with zero attached hydrogens (tertiary/aromatic N) is 3. The van der Waals surface area contributed by atoms with Crippen molar-refractivity contribution in [2.45, 2.75) is 51.8 Å². The fourth-order valence-electron chi connectivity index (χ4n) is 4.89. The van der Waals surface area contributed by atoms with Crippen LogP contribution in [-0.4, -0.2) is 39.5 Å². The van der Waals surface area contributed by atoms with Crippen molar-refractivity contribution in [3.63, 3.8) is 0 Å². The first kappa shape index (κ1) is 20.0. The predicted molar refractivity (Wildman–Crippen MR) is 102 cm³/mol. The van der Waals surface area contributed by atoms with Crippen LogP contribution in [0.1, 0.15) is 44.7 Å². The number of ether oxygens (including phenoxy) is 1. The summed E-state index contributed by atoms with van der Waals surface area (Å²) in [4.78, 5) is 13.8. The van der Waals surface area contributed by atoms with Crippen LogP contribution >= 0.6 is 0 Å². The molecule has 0 radical (unpaired) electrons. The molecule has 1 aliphatic heterocycles. The van der Waals surface area contributed by atoms with Gasteiger partial charge in [-0.25, -0.2) is 4.79 Å². The van der Waals surface area contributed by atoms with Crippen LogP contribution in [0.4, 0.5) is 18.0 Å². The number of carbonyl (C=O) groups excluding carboxylic acids is 1. The average molecular weight is 409 g/mol. The molecule has 2 heterocycles. The summed E-state index contributed by atoms with van der Waals surface area (Å²) in [5.74, 6) is 0.197. The van der Waals surface area contributed by atoms with Crippen LogP contribution in [0.15, 0.2) is 18.3 Å². The second-order valence-corrected chi connectivity index (χ2v) is 9.62. The van der Waals surface area contributed by atoms with Crippen LogP contribution in [0.3, 0.4) is 0 Å². The fraction of sp³-hybridized carbons (Fsp3) is 0.619. The molecule has 8 heteroatoms. The molecule has 1 aromatic heterocycles. The SMILES string of the molecule is Cn1ncc2ccc(CC3CC4(C3)CN(C(=O)OC(C)(C)C)C4)c(C(F)(F)F)c21. The Morgan fingerprint density at radius 3 is 2.48 bits per heavy atom. The van der Waals surface area contributed by atoms with Gasteiger partial charge in [0, 0.05) is 30.9 Å². The Balaban J connectivity index is 1.42. The average Bonchev–Trinajstić information content (AvgIpc) is 2.86. The van der Waals surface area contributed by atoms with E-state index in [1.54, 1.807) is 24.1 Å². The number of carbonyl (C=O) groups is 1. The Hall–Kier alpha value is -2.25. The van der Waals surface area contributed by atoms with Gasteiger partial charge < -0.3 is 9.64 Å². The minimum absolute atomic E-state index is 0.0522. The predicted octanol–water partition coefficient (Wildman–Crippen LogP) is 4.78. The number of rotatable bonds is 2. The summed E-state index contributed by atoms with van der Waals surface area (Å²) in [5, 5.41) is 4.49. The Kier molecular flexibility index (Phi) is 4.40. The maximum Gasteiger partial charge on any atom is 0.418 e. The highest BCUT2D eigenvalue weighted by atomic mass is 19.4. The van der Waals surface area contributed by atoms with Gasteiger partial charge in [0.05, 0.1) is 17.3 Å². The Bertz CT molecular complexity index is 944. The van der Waals surface area contributed by atoms with E-state index in [9.17, 15) is 18.0 Å². The Labute approximate surface area is 167 Å². The zero-order valence-electron chi connectivity index (χ0n) is 17.1. The van der Waals surface area contributed by atoms with Gasteiger partial charge in [0.1, 0.15) is 5.60 Å². The van der Waals surface area contributed by atoms with E-state index in [-0.39, 0.29) is 22.9 Å². The number of likely N-dealkylation sites (tertiary alicyclic amines) is 1. The standard InChI is InChI=1S/C21H26F3N3O2/c1-19(2,3)29-18(28)27-11-20(12-27)8-13(9-20)7-14-5-6-15-10-25-26(4)17(15)16(14)21(22,23)24/h5-6,10,13H,7-9,11-12H2,1-4H3.